The highest BCUT2D eigenvalue weighted by Gasteiger charge is 2.16. The summed E-state index contributed by atoms with van der Waals surface area (Å²) in [5, 5.41) is 4.38. The number of aromatic nitrogens is 1. The lowest BCUT2D eigenvalue weighted by atomic mass is 10.0. The molecule has 1 aliphatic heterocycles. The van der Waals surface area contributed by atoms with E-state index in [-0.39, 0.29) is 6.04 Å². The monoisotopic (exact) mass is 294 g/mol. The molecule has 1 aromatic heterocycles. The molecule has 1 aliphatic rings. The van der Waals surface area contributed by atoms with Crippen molar-refractivity contribution in [3.05, 3.63) is 30.0 Å². The van der Waals surface area contributed by atoms with E-state index in [1.807, 2.05) is 12.3 Å². The Morgan fingerprint density at radius 1 is 1.40 bits per heavy atom. The van der Waals surface area contributed by atoms with Crippen LogP contribution in [0.25, 0.3) is 10.9 Å². The summed E-state index contributed by atoms with van der Waals surface area (Å²) in [5.41, 5.74) is 2.08. The number of H-pyrrole nitrogens is 1. The summed E-state index contributed by atoms with van der Waals surface area (Å²) in [6.07, 6.45) is 4.01. The average molecular weight is 294 g/mol. The number of aromatic amines is 1. The van der Waals surface area contributed by atoms with Crippen LogP contribution in [0.2, 0.25) is 0 Å². The second kappa shape index (κ2) is 5.20. The summed E-state index contributed by atoms with van der Waals surface area (Å²) in [7, 11) is -3.18. The van der Waals surface area contributed by atoms with Gasteiger partial charge in [0.2, 0.25) is 0 Å². The first kappa shape index (κ1) is 13.6. The molecule has 2 heterocycles. The van der Waals surface area contributed by atoms with Crippen molar-refractivity contribution < 1.29 is 13.2 Å². The smallest absolute Gasteiger partial charge is 0.175 e. The van der Waals surface area contributed by atoms with Crippen molar-refractivity contribution in [2.75, 3.05) is 26.0 Å². The summed E-state index contributed by atoms with van der Waals surface area (Å²) >= 11 is 0. The lowest BCUT2D eigenvalue weighted by Gasteiger charge is -2.23. The van der Waals surface area contributed by atoms with Gasteiger partial charge < -0.3 is 15.0 Å². The standard InChI is InChI=1S/C14H18N2O3S/c1-20(17,18)12-2-3-14-13(7-12)10(8-16-14)6-11-9-19-5-4-15-11/h2-3,7-8,11,15-16H,4-6,9H2,1H3/t11-/m0/s1. The van der Waals surface area contributed by atoms with Crippen LogP contribution in [0.15, 0.2) is 29.3 Å². The van der Waals surface area contributed by atoms with Gasteiger partial charge in [0.05, 0.1) is 18.1 Å². The summed E-state index contributed by atoms with van der Waals surface area (Å²) in [4.78, 5) is 3.55. The normalized spacial score (nSPS) is 20.4. The van der Waals surface area contributed by atoms with E-state index in [1.165, 1.54) is 6.26 Å². The second-order valence-electron chi connectivity index (χ2n) is 5.22. The van der Waals surface area contributed by atoms with Crippen LogP contribution < -0.4 is 5.32 Å². The van der Waals surface area contributed by atoms with Crippen LogP contribution in [0.4, 0.5) is 0 Å². The van der Waals surface area contributed by atoms with Crippen LogP contribution in [0.1, 0.15) is 5.56 Å². The Hall–Kier alpha value is -1.37. The minimum atomic E-state index is -3.18. The maximum absolute atomic E-state index is 11.7. The molecule has 0 bridgehead atoms. The fourth-order valence-electron chi connectivity index (χ4n) is 2.57. The Bertz CT molecular complexity index is 715. The van der Waals surface area contributed by atoms with E-state index in [1.54, 1.807) is 12.1 Å². The van der Waals surface area contributed by atoms with E-state index in [2.05, 4.69) is 10.3 Å². The molecule has 20 heavy (non-hydrogen) atoms. The van der Waals surface area contributed by atoms with Gasteiger partial charge in [-0.15, -0.1) is 0 Å². The highest BCUT2D eigenvalue weighted by Crippen LogP contribution is 2.23. The minimum absolute atomic E-state index is 0.282. The number of morpholine rings is 1. The highest BCUT2D eigenvalue weighted by molar-refractivity contribution is 7.90. The number of hydrogen-bond acceptors (Lipinski definition) is 4. The molecule has 1 saturated heterocycles. The van der Waals surface area contributed by atoms with Gasteiger partial charge in [0.15, 0.2) is 9.84 Å². The molecule has 1 aromatic carbocycles. The van der Waals surface area contributed by atoms with Gasteiger partial charge in [-0.1, -0.05) is 0 Å². The van der Waals surface area contributed by atoms with Crippen molar-refractivity contribution in [2.45, 2.75) is 17.4 Å². The molecular formula is C14H18N2O3S. The molecule has 6 heteroatoms. The van der Waals surface area contributed by atoms with E-state index in [0.717, 1.165) is 36.0 Å². The number of fused-ring (bicyclic) bond motifs is 1. The maximum Gasteiger partial charge on any atom is 0.175 e. The molecule has 5 nitrogen and oxygen atoms in total. The van der Waals surface area contributed by atoms with Crippen LogP contribution in [0.3, 0.4) is 0 Å². The molecule has 0 unspecified atom stereocenters. The van der Waals surface area contributed by atoms with Crippen molar-refractivity contribution in [2.24, 2.45) is 0 Å². The lowest BCUT2D eigenvalue weighted by Crippen LogP contribution is -2.42. The largest absolute Gasteiger partial charge is 0.379 e. The van der Waals surface area contributed by atoms with Crippen molar-refractivity contribution in [3.8, 4) is 0 Å². The van der Waals surface area contributed by atoms with Gasteiger partial charge in [0.1, 0.15) is 0 Å². The van der Waals surface area contributed by atoms with Crippen LogP contribution in [0.5, 0.6) is 0 Å². The Morgan fingerprint density at radius 3 is 2.95 bits per heavy atom. The molecular weight excluding hydrogens is 276 g/mol. The molecule has 1 fully saturated rings. The van der Waals surface area contributed by atoms with E-state index in [9.17, 15) is 8.42 Å². The molecule has 2 aromatic rings. The number of sulfone groups is 1. The Morgan fingerprint density at radius 2 is 2.25 bits per heavy atom. The predicted octanol–water partition coefficient (Wildman–Crippen LogP) is 1.10. The van der Waals surface area contributed by atoms with Crippen LogP contribution >= 0.6 is 0 Å². The minimum Gasteiger partial charge on any atom is -0.379 e. The third kappa shape index (κ3) is 2.72. The fraction of sp³-hybridized carbons (Fsp3) is 0.429. The zero-order valence-electron chi connectivity index (χ0n) is 11.3. The van der Waals surface area contributed by atoms with Gasteiger partial charge in [0, 0.05) is 35.9 Å². The van der Waals surface area contributed by atoms with Gasteiger partial charge in [-0.3, -0.25) is 0 Å². The lowest BCUT2D eigenvalue weighted by molar-refractivity contribution is 0.0771. The van der Waals surface area contributed by atoms with E-state index < -0.39 is 9.84 Å². The van der Waals surface area contributed by atoms with Crippen molar-refractivity contribution >= 4 is 20.7 Å². The molecule has 0 radical (unpaired) electrons. The summed E-state index contributed by atoms with van der Waals surface area (Å²) < 4.78 is 28.8. The first-order chi connectivity index (χ1) is 9.54. The number of ether oxygens (including phenoxy) is 1. The number of rotatable bonds is 3. The molecule has 3 rings (SSSR count). The molecule has 0 spiro atoms. The van der Waals surface area contributed by atoms with Crippen LogP contribution in [-0.2, 0) is 21.0 Å². The SMILES string of the molecule is CS(=O)(=O)c1ccc2[nH]cc(C[C@H]3COCCN3)c2c1. The maximum atomic E-state index is 11.7. The van der Waals surface area contributed by atoms with Crippen LogP contribution in [-0.4, -0.2) is 45.5 Å². The zero-order chi connectivity index (χ0) is 14.2. The second-order valence-corrected chi connectivity index (χ2v) is 7.24. The topological polar surface area (TPSA) is 71.2 Å². The Balaban J connectivity index is 1.94. The first-order valence-electron chi connectivity index (χ1n) is 6.65. The quantitative estimate of drug-likeness (QED) is 0.889. The van der Waals surface area contributed by atoms with E-state index in [4.69, 9.17) is 4.74 Å². The van der Waals surface area contributed by atoms with Crippen molar-refractivity contribution in [3.63, 3.8) is 0 Å². The summed E-state index contributed by atoms with van der Waals surface area (Å²) in [6.45, 7) is 2.31. The zero-order valence-corrected chi connectivity index (χ0v) is 12.2. The first-order valence-corrected chi connectivity index (χ1v) is 8.54. The Labute approximate surface area is 118 Å². The molecule has 108 valence electrons. The van der Waals surface area contributed by atoms with Crippen molar-refractivity contribution in [1.82, 2.24) is 10.3 Å². The number of nitrogens with one attached hydrogen (secondary N) is 2. The summed E-state index contributed by atoms with van der Waals surface area (Å²) in [5.74, 6) is 0. The molecule has 0 aliphatic carbocycles. The van der Waals surface area contributed by atoms with Crippen LogP contribution in [0, 0.1) is 0 Å². The van der Waals surface area contributed by atoms with E-state index in [0.29, 0.717) is 11.5 Å². The van der Waals surface area contributed by atoms with E-state index >= 15 is 0 Å². The van der Waals surface area contributed by atoms with Crippen molar-refractivity contribution in [1.29, 1.82) is 0 Å². The molecule has 2 N–H and O–H groups in total. The number of hydrogen-bond donors (Lipinski definition) is 2. The van der Waals surface area contributed by atoms with Gasteiger partial charge >= 0.3 is 0 Å². The molecule has 0 amide bonds. The predicted molar refractivity (Wildman–Crippen MR) is 77.7 cm³/mol. The molecule has 1 atom stereocenters. The third-order valence-electron chi connectivity index (χ3n) is 3.63. The Kier molecular flexibility index (Phi) is 3.54. The van der Waals surface area contributed by atoms with Gasteiger partial charge in [-0.05, 0) is 30.2 Å². The summed E-state index contributed by atoms with van der Waals surface area (Å²) in [6, 6.07) is 5.49. The molecule has 0 saturated carbocycles. The van der Waals surface area contributed by atoms with Gasteiger partial charge in [-0.25, -0.2) is 8.42 Å². The highest BCUT2D eigenvalue weighted by atomic mass is 32.2. The number of benzene rings is 1. The fourth-order valence-corrected chi connectivity index (χ4v) is 3.22. The third-order valence-corrected chi connectivity index (χ3v) is 4.74. The van der Waals surface area contributed by atoms with Gasteiger partial charge in [0.25, 0.3) is 0 Å². The van der Waals surface area contributed by atoms with Gasteiger partial charge in [-0.2, -0.15) is 0 Å². The average Bonchev–Trinajstić information content (AvgIpc) is 2.82.